The molecular formula is C21H24ClN3O4S. The predicted molar refractivity (Wildman–Crippen MR) is 116 cm³/mol. The molecule has 2 aromatic carbocycles. The van der Waals surface area contributed by atoms with Crippen molar-refractivity contribution < 1.29 is 18.0 Å². The molecular weight excluding hydrogens is 426 g/mol. The minimum atomic E-state index is -3.62. The topological polar surface area (TPSA) is 86.8 Å². The molecule has 2 aromatic rings. The zero-order valence-corrected chi connectivity index (χ0v) is 18.2. The first-order chi connectivity index (χ1) is 14.3. The van der Waals surface area contributed by atoms with Crippen molar-refractivity contribution in [2.24, 2.45) is 0 Å². The Balaban J connectivity index is 1.48. The summed E-state index contributed by atoms with van der Waals surface area (Å²) < 4.78 is 26.8. The highest BCUT2D eigenvalue weighted by Crippen LogP contribution is 2.20. The molecule has 1 fully saturated rings. The van der Waals surface area contributed by atoms with E-state index in [1.165, 1.54) is 28.6 Å². The van der Waals surface area contributed by atoms with Crippen LogP contribution in [-0.2, 0) is 19.6 Å². The zero-order chi connectivity index (χ0) is 21.7. The molecule has 0 radical (unpaired) electrons. The Hall–Kier alpha value is -2.42. The minimum absolute atomic E-state index is 0.0794. The van der Waals surface area contributed by atoms with Crippen molar-refractivity contribution in [3.05, 3.63) is 59.1 Å². The number of hydrogen-bond donors (Lipinski definition) is 1. The molecule has 0 spiro atoms. The number of rotatable bonds is 6. The molecule has 1 heterocycles. The van der Waals surface area contributed by atoms with Gasteiger partial charge in [-0.05, 0) is 48.9 Å². The van der Waals surface area contributed by atoms with E-state index in [1.54, 1.807) is 11.0 Å². The number of amides is 2. The summed E-state index contributed by atoms with van der Waals surface area (Å²) in [5.74, 6) is -0.379. The molecule has 7 nitrogen and oxygen atoms in total. The predicted octanol–water partition coefficient (Wildman–Crippen LogP) is 2.90. The first-order valence-electron chi connectivity index (χ1n) is 9.66. The third-order valence-corrected chi connectivity index (χ3v) is 7.08. The Morgan fingerprint density at radius 1 is 1.00 bits per heavy atom. The molecule has 0 unspecified atom stereocenters. The number of hydrogen-bond acceptors (Lipinski definition) is 4. The van der Waals surface area contributed by atoms with E-state index < -0.39 is 10.0 Å². The quantitative estimate of drug-likeness (QED) is 0.734. The number of sulfonamides is 1. The highest BCUT2D eigenvalue weighted by Gasteiger charge is 2.30. The van der Waals surface area contributed by atoms with Crippen molar-refractivity contribution >= 4 is 39.1 Å². The van der Waals surface area contributed by atoms with Crippen LogP contribution in [0, 0.1) is 6.92 Å². The third kappa shape index (κ3) is 5.59. The number of carbonyl (C=O) groups is 2. The van der Waals surface area contributed by atoms with Crippen LogP contribution < -0.4 is 5.32 Å². The fourth-order valence-corrected chi connectivity index (χ4v) is 4.81. The van der Waals surface area contributed by atoms with E-state index in [0.717, 1.165) is 5.56 Å². The van der Waals surface area contributed by atoms with Gasteiger partial charge in [-0.3, -0.25) is 9.59 Å². The summed E-state index contributed by atoms with van der Waals surface area (Å²) in [5.41, 5.74) is 1.74. The van der Waals surface area contributed by atoms with Crippen LogP contribution in [0.15, 0.2) is 53.4 Å². The van der Waals surface area contributed by atoms with E-state index in [0.29, 0.717) is 23.8 Å². The van der Waals surface area contributed by atoms with Crippen molar-refractivity contribution in [3.63, 3.8) is 0 Å². The summed E-state index contributed by atoms with van der Waals surface area (Å²) in [5, 5.41) is 3.25. The molecule has 1 saturated heterocycles. The van der Waals surface area contributed by atoms with Gasteiger partial charge in [0.05, 0.1) is 4.90 Å². The molecule has 1 aliphatic heterocycles. The second-order valence-corrected chi connectivity index (χ2v) is 9.53. The highest BCUT2D eigenvalue weighted by molar-refractivity contribution is 7.89. The van der Waals surface area contributed by atoms with E-state index in [2.05, 4.69) is 5.32 Å². The van der Waals surface area contributed by atoms with E-state index >= 15 is 0 Å². The molecule has 2 amide bonds. The highest BCUT2D eigenvalue weighted by atomic mass is 35.5. The number of piperazine rings is 1. The molecule has 0 saturated carbocycles. The second-order valence-electron chi connectivity index (χ2n) is 7.16. The van der Waals surface area contributed by atoms with Crippen LogP contribution in [0.2, 0.25) is 5.02 Å². The third-order valence-electron chi connectivity index (χ3n) is 4.91. The van der Waals surface area contributed by atoms with Crippen LogP contribution in [0.5, 0.6) is 0 Å². The first kappa shape index (κ1) is 22.3. The van der Waals surface area contributed by atoms with Gasteiger partial charge in [0, 0.05) is 49.7 Å². The van der Waals surface area contributed by atoms with Crippen LogP contribution in [0.3, 0.4) is 0 Å². The molecule has 3 rings (SSSR count). The van der Waals surface area contributed by atoms with Crippen molar-refractivity contribution in [1.82, 2.24) is 9.21 Å². The first-order valence-corrected chi connectivity index (χ1v) is 11.5. The molecule has 0 aliphatic carbocycles. The van der Waals surface area contributed by atoms with Gasteiger partial charge in [0.2, 0.25) is 21.8 Å². The average Bonchev–Trinajstić information content (AvgIpc) is 2.72. The summed E-state index contributed by atoms with van der Waals surface area (Å²) in [6.07, 6.45) is 0.164. The van der Waals surface area contributed by atoms with Gasteiger partial charge in [0.25, 0.3) is 0 Å². The monoisotopic (exact) mass is 449 g/mol. The van der Waals surface area contributed by atoms with E-state index in [9.17, 15) is 18.0 Å². The summed E-state index contributed by atoms with van der Waals surface area (Å²) in [7, 11) is -3.62. The molecule has 1 aliphatic rings. The lowest BCUT2D eigenvalue weighted by Crippen LogP contribution is -2.50. The number of anilines is 1. The lowest BCUT2D eigenvalue weighted by Gasteiger charge is -2.34. The minimum Gasteiger partial charge on any atom is -0.340 e. The number of nitrogens with one attached hydrogen (secondary N) is 1. The fraction of sp³-hybridized carbons (Fsp3) is 0.333. The van der Waals surface area contributed by atoms with Crippen LogP contribution >= 0.6 is 11.6 Å². The van der Waals surface area contributed by atoms with Crippen molar-refractivity contribution in [3.8, 4) is 0 Å². The Morgan fingerprint density at radius 3 is 2.30 bits per heavy atom. The Labute approximate surface area is 181 Å². The number of aryl methyl sites for hydroxylation is 1. The lowest BCUT2D eigenvalue weighted by atomic mass is 10.2. The van der Waals surface area contributed by atoms with Crippen LogP contribution in [-0.4, -0.2) is 55.6 Å². The standard InChI is InChI=1S/C21H24ClN3O4S/c1-16-3-2-4-18(15-16)23-20(26)9-10-21(27)24-11-13-25(14-12-24)30(28,29)19-7-5-17(22)6-8-19/h2-8,15H,9-14H2,1H3,(H,23,26). The van der Waals surface area contributed by atoms with Gasteiger partial charge in [-0.2, -0.15) is 4.31 Å². The normalized spacial score (nSPS) is 15.1. The van der Waals surface area contributed by atoms with Gasteiger partial charge in [0.15, 0.2) is 0 Å². The SMILES string of the molecule is Cc1cccc(NC(=O)CCC(=O)N2CCN(S(=O)(=O)c3ccc(Cl)cc3)CC2)c1. The van der Waals surface area contributed by atoms with Gasteiger partial charge in [0.1, 0.15) is 0 Å². The summed E-state index contributed by atoms with van der Waals surface area (Å²) in [6, 6.07) is 13.5. The number of halogens is 1. The molecule has 30 heavy (non-hydrogen) atoms. The summed E-state index contributed by atoms with van der Waals surface area (Å²) in [6.45, 7) is 2.96. The van der Waals surface area contributed by atoms with Crippen LogP contribution in [0.25, 0.3) is 0 Å². The maximum atomic E-state index is 12.7. The smallest absolute Gasteiger partial charge is 0.243 e. The average molecular weight is 450 g/mol. The van der Waals surface area contributed by atoms with Gasteiger partial charge >= 0.3 is 0 Å². The Morgan fingerprint density at radius 2 is 1.67 bits per heavy atom. The molecule has 9 heteroatoms. The van der Waals surface area contributed by atoms with Crippen molar-refractivity contribution in [2.75, 3.05) is 31.5 Å². The van der Waals surface area contributed by atoms with E-state index in [4.69, 9.17) is 11.6 Å². The Bertz CT molecular complexity index is 1020. The summed E-state index contributed by atoms with van der Waals surface area (Å²) in [4.78, 5) is 26.3. The van der Waals surface area contributed by atoms with E-state index in [1.807, 2.05) is 25.1 Å². The second kappa shape index (κ2) is 9.59. The van der Waals surface area contributed by atoms with Crippen molar-refractivity contribution in [1.29, 1.82) is 0 Å². The van der Waals surface area contributed by atoms with E-state index in [-0.39, 0.29) is 42.6 Å². The maximum Gasteiger partial charge on any atom is 0.243 e. The Kier molecular flexibility index (Phi) is 7.12. The van der Waals surface area contributed by atoms with Gasteiger partial charge in [-0.15, -0.1) is 0 Å². The molecule has 0 bridgehead atoms. The number of carbonyl (C=O) groups excluding carboxylic acids is 2. The molecule has 0 atom stereocenters. The maximum absolute atomic E-state index is 12.7. The van der Waals surface area contributed by atoms with Gasteiger partial charge in [-0.1, -0.05) is 23.7 Å². The largest absolute Gasteiger partial charge is 0.340 e. The van der Waals surface area contributed by atoms with Gasteiger partial charge < -0.3 is 10.2 Å². The van der Waals surface area contributed by atoms with Crippen LogP contribution in [0.1, 0.15) is 18.4 Å². The van der Waals surface area contributed by atoms with Crippen molar-refractivity contribution in [2.45, 2.75) is 24.7 Å². The van der Waals surface area contributed by atoms with Crippen LogP contribution in [0.4, 0.5) is 5.69 Å². The number of nitrogens with zero attached hydrogens (tertiary/aromatic N) is 2. The molecule has 160 valence electrons. The number of benzene rings is 2. The molecule has 0 aromatic heterocycles. The fourth-order valence-electron chi connectivity index (χ4n) is 3.26. The zero-order valence-electron chi connectivity index (χ0n) is 16.7. The molecule has 1 N–H and O–H groups in total. The summed E-state index contributed by atoms with van der Waals surface area (Å²) >= 11 is 5.82. The van der Waals surface area contributed by atoms with Gasteiger partial charge in [-0.25, -0.2) is 8.42 Å². The lowest BCUT2D eigenvalue weighted by molar-refractivity contribution is -0.133.